The number of nitriles is 1. The van der Waals surface area contributed by atoms with Crippen molar-refractivity contribution >= 4 is 11.8 Å². The van der Waals surface area contributed by atoms with Crippen LogP contribution in [0.25, 0.3) is 0 Å². The molecule has 5 heteroatoms. The van der Waals surface area contributed by atoms with Crippen LogP contribution in [0.4, 0.5) is 0 Å². The molecule has 20 heavy (non-hydrogen) atoms. The standard InChI is InChI=1S/C15H23N3O2/c1-10(7-11-4-5-11)14(19)18-13(9-16)8-12-3-2-6-17-15(12)20/h10-13H,2-8H2,1H3,(H,17,20)(H,18,19)/t10-,12-,13-/m0/s1. The van der Waals surface area contributed by atoms with Crippen LogP contribution in [-0.4, -0.2) is 24.4 Å². The van der Waals surface area contributed by atoms with E-state index < -0.39 is 6.04 Å². The van der Waals surface area contributed by atoms with Crippen molar-refractivity contribution in [1.82, 2.24) is 10.6 Å². The second-order valence-corrected chi connectivity index (χ2v) is 6.14. The minimum atomic E-state index is -0.557. The summed E-state index contributed by atoms with van der Waals surface area (Å²) in [5.41, 5.74) is 0. The number of carbonyl (C=O) groups is 2. The Morgan fingerprint density at radius 1 is 1.45 bits per heavy atom. The number of nitrogens with one attached hydrogen (secondary N) is 2. The number of amides is 2. The van der Waals surface area contributed by atoms with Gasteiger partial charge in [0.2, 0.25) is 11.8 Å². The fourth-order valence-electron chi connectivity index (χ4n) is 2.76. The largest absolute Gasteiger partial charge is 0.356 e. The molecule has 1 aliphatic heterocycles. The first kappa shape index (κ1) is 14.8. The first-order valence-corrected chi connectivity index (χ1v) is 7.58. The van der Waals surface area contributed by atoms with E-state index in [1.54, 1.807) is 0 Å². The van der Waals surface area contributed by atoms with Crippen LogP contribution in [0.5, 0.6) is 0 Å². The van der Waals surface area contributed by atoms with Crippen molar-refractivity contribution in [2.24, 2.45) is 17.8 Å². The fourth-order valence-corrected chi connectivity index (χ4v) is 2.76. The zero-order valence-electron chi connectivity index (χ0n) is 12.0. The molecule has 2 N–H and O–H groups in total. The molecule has 2 aliphatic rings. The van der Waals surface area contributed by atoms with E-state index in [4.69, 9.17) is 0 Å². The molecule has 1 saturated carbocycles. The second-order valence-electron chi connectivity index (χ2n) is 6.14. The van der Waals surface area contributed by atoms with Crippen LogP contribution in [-0.2, 0) is 9.59 Å². The smallest absolute Gasteiger partial charge is 0.223 e. The maximum absolute atomic E-state index is 12.0. The van der Waals surface area contributed by atoms with Crippen LogP contribution in [0, 0.1) is 29.1 Å². The molecule has 0 radical (unpaired) electrons. The summed E-state index contributed by atoms with van der Waals surface area (Å²) < 4.78 is 0. The normalized spacial score (nSPS) is 25.2. The molecule has 0 bridgehead atoms. The van der Waals surface area contributed by atoms with Crippen LogP contribution in [0.1, 0.15) is 45.4 Å². The Morgan fingerprint density at radius 2 is 2.20 bits per heavy atom. The van der Waals surface area contributed by atoms with E-state index in [9.17, 15) is 14.9 Å². The van der Waals surface area contributed by atoms with Gasteiger partial charge >= 0.3 is 0 Å². The fraction of sp³-hybridized carbons (Fsp3) is 0.800. The molecule has 1 aliphatic carbocycles. The molecule has 0 unspecified atom stereocenters. The predicted octanol–water partition coefficient (Wildman–Crippen LogP) is 1.35. The van der Waals surface area contributed by atoms with E-state index in [1.807, 2.05) is 6.92 Å². The van der Waals surface area contributed by atoms with Gasteiger partial charge in [0.05, 0.1) is 6.07 Å². The van der Waals surface area contributed by atoms with Crippen LogP contribution in [0.3, 0.4) is 0 Å². The number of rotatable bonds is 6. The molecule has 0 aromatic carbocycles. The predicted molar refractivity (Wildman–Crippen MR) is 74.4 cm³/mol. The van der Waals surface area contributed by atoms with Gasteiger partial charge in [-0.25, -0.2) is 0 Å². The lowest BCUT2D eigenvalue weighted by Gasteiger charge is -2.24. The quantitative estimate of drug-likeness (QED) is 0.768. The first-order chi connectivity index (χ1) is 9.60. The molecule has 2 fully saturated rings. The summed E-state index contributed by atoms with van der Waals surface area (Å²) in [6.07, 6.45) is 5.53. The average Bonchev–Trinajstić information content (AvgIpc) is 3.24. The van der Waals surface area contributed by atoms with Gasteiger partial charge in [0.15, 0.2) is 0 Å². The van der Waals surface area contributed by atoms with Crippen LogP contribution in [0.2, 0.25) is 0 Å². The molecule has 1 heterocycles. The number of piperidine rings is 1. The molecule has 2 amide bonds. The summed E-state index contributed by atoms with van der Waals surface area (Å²) >= 11 is 0. The van der Waals surface area contributed by atoms with E-state index in [1.165, 1.54) is 12.8 Å². The van der Waals surface area contributed by atoms with Gasteiger partial charge in [-0.1, -0.05) is 19.8 Å². The Bertz CT molecular complexity index is 412. The Morgan fingerprint density at radius 3 is 2.80 bits per heavy atom. The van der Waals surface area contributed by atoms with Gasteiger partial charge in [-0.05, 0) is 31.6 Å². The maximum atomic E-state index is 12.0. The lowest BCUT2D eigenvalue weighted by molar-refractivity contribution is -0.128. The topological polar surface area (TPSA) is 82.0 Å². The van der Waals surface area contributed by atoms with Crippen LogP contribution >= 0.6 is 0 Å². The second kappa shape index (κ2) is 6.74. The molecule has 110 valence electrons. The van der Waals surface area contributed by atoms with E-state index in [0.29, 0.717) is 12.3 Å². The minimum absolute atomic E-state index is 0.0109. The molecular formula is C15H23N3O2. The first-order valence-electron chi connectivity index (χ1n) is 7.58. The highest BCUT2D eigenvalue weighted by Gasteiger charge is 2.29. The highest BCUT2D eigenvalue weighted by Crippen LogP contribution is 2.35. The van der Waals surface area contributed by atoms with E-state index in [-0.39, 0.29) is 23.7 Å². The Hall–Kier alpha value is -1.57. The van der Waals surface area contributed by atoms with Gasteiger partial charge in [0, 0.05) is 18.4 Å². The van der Waals surface area contributed by atoms with Crippen molar-refractivity contribution in [3.63, 3.8) is 0 Å². The lowest BCUT2D eigenvalue weighted by atomic mass is 9.91. The van der Waals surface area contributed by atoms with Crippen molar-refractivity contribution in [2.45, 2.75) is 51.5 Å². The number of hydrogen-bond donors (Lipinski definition) is 2. The monoisotopic (exact) mass is 277 g/mol. The van der Waals surface area contributed by atoms with E-state index in [0.717, 1.165) is 25.8 Å². The summed E-state index contributed by atoms with van der Waals surface area (Å²) in [6.45, 7) is 2.63. The summed E-state index contributed by atoms with van der Waals surface area (Å²) in [6, 6.07) is 1.56. The highest BCUT2D eigenvalue weighted by molar-refractivity contribution is 5.80. The van der Waals surface area contributed by atoms with Gasteiger partial charge in [0.1, 0.15) is 6.04 Å². The Balaban J connectivity index is 1.80. The van der Waals surface area contributed by atoms with Crippen LogP contribution in [0.15, 0.2) is 0 Å². The Labute approximate surface area is 120 Å². The zero-order chi connectivity index (χ0) is 14.5. The van der Waals surface area contributed by atoms with Crippen LogP contribution < -0.4 is 10.6 Å². The van der Waals surface area contributed by atoms with Gasteiger partial charge in [-0.2, -0.15) is 5.26 Å². The van der Waals surface area contributed by atoms with Gasteiger partial charge in [-0.3, -0.25) is 9.59 Å². The van der Waals surface area contributed by atoms with Gasteiger partial charge < -0.3 is 10.6 Å². The molecule has 0 aromatic heterocycles. The summed E-state index contributed by atoms with van der Waals surface area (Å²) in [4.78, 5) is 23.7. The van der Waals surface area contributed by atoms with Gasteiger partial charge in [-0.15, -0.1) is 0 Å². The number of hydrogen-bond acceptors (Lipinski definition) is 3. The van der Waals surface area contributed by atoms with Crippen molar-refractivity contribution in [2.75, 3.05) is 6.54 Å². The molecule has 5 nitrogen and oxygen atoms in total. The molecule has 0 aromatic rings. The summed E-state index contributed by atoms with van der Waals surface area (Å²) in [5.74, 6) is 0.461. The molecule has 0 spiro atoms. The van der Waals surface area contributed by atoms with E-state index in [2.05, 4.69) is 16.7 Å². The average molecular weight is 277 g/mol. The third kappa shape index (κ3) is 4.22. The third-order valence-corrected chi connectivity index (χ3v) is 4.22. The summed E-state index contributed by atoms with van der Waals surface area (Å²) in [7, 11) is 0. The summed E-state index contributed by atoms with van der Waals surface area (Å²) in [5, 5.41) is 14.8. The van der Waals surface area contributed by atoms with Crippen molar-refractivity contribution < 1.29 is 9.59 Å². The minimum Gasteiger partial charge on any atom is -0.356 e. The number of nitrogens with zero attached hydrogens (tertiary/aromatic N) is 1. The SMILES string of the molecule is C[C@@H](CC1CC1)C(=O)N[C@H](C#N)C[C@@H]1CCCNC1=O. The lowest BCUT2D eigenvalue weighted by Crippen LogP contribution is -2.43. The van der Waals surface area contributed by atoms with Crippen molar-refractivity contribution in [3.05, 3.63) is 0 Å². The van der Waals surface area contributed by atoms with E-state index >= 15 is 0 Å². The zero-order valence-corrected chi connectivity index (χ0v) is 12.0. The van der Waals surface area contributed by atoms with Gasteiger partial charge in [0.25, 0.3) is 0 Å². The van der Waals surface area contributed by atoms with Crippen molar-refractivity contribution in [1.29, 1.82) is 5.26 Å². The van der Waals surface area contributed by atoms with Crippen molar-refractivity contribution in [3.8, 4) is 6.07 Å². The highest BCUT2D eigenvalue weighted by atomic mass is 16.2. The maximum Gasteiger partial charge on any atom is 0.223 e. The molecule has 2 rings (SSSR count). The third-order valence-electron chi connectivity index (χ3n) is 4.22. The molecular weight excluding hydrogens is 254 g/mol. The number of carbonyl (C=O) groups excluding carboxylic acids is 2. The molecule has 3 atom stereocenters. The molecule has 1 saturated heterocycles. The Kier molecular flexibility index (Phi) is 4.99.